The van der Waals surface area contributed by atoms with Crippen molar-refractivity contribution in [1.29, 1.82) is 0 Å². The van der Waals surface area contributed by atoms with E-state index < -0.39 is 22.0 Å². The Kier molecular flexibility index (Phi) is 7.28. The third kappa shape index (κ3) is 5.63. The Labute approximate surface area is 153 Å². The zero-order chi connectivity index (χ0) is 19.0. The standard InChI is InChI=1S/C18H22N2O5S/c1-25-12-11-20-26(23,24)16-9-7-15(8-10-16)18(22)19-13-17(21)14-5-3-2-4-6-14/h2-10,17,20-21H,11-13H2,1H3,(H,19,22). The average Bonchev–Trinajstić information content (AvgIpc) is 2.66. The maximum absolute atomic E-state index is 12.1. The first-order valence-corrected chi connectivity index (χ1v) is 9.52. The molecule has 1 unspecified atom stereocenters. The molecule has 0 aliphatic heterocycles. The fourth-order valence-corrected chi connectivity index (χ4v) is 3.24. The fraction of sp³-hybridized carbons (Fsp3) is 0.278. The number of rotatable bonds is 9. The molecular weight excluding hydrogens is 356 g/mol. The Hall–Kier alpha value is -2.26. The smallest absolute Gasteiger partial charge is 0.251 e. The van der Waals surface area contributed by atoms with Gasteiger partial charge in [0, 0.05) is 25.8 Å². The predicted molar refractivity (Wildman–Crippen MR) is 97.2 cm³/mol. The van der Waals surface area contributed by atoms with Crippen LogP contribution in [0.2, 0.25) is 0 Å². The van der Waals surface area contributed by atoms with Crippen molar-refractivity contribution in [3.63, 3.8) is 0 Å². The number of sulfonamides is 1. The number of methoxy groups -OCH3 is 1. The number of hydrogen-bond acceptors (Lipinski definition) is 5. The summed E-state index contributed by atoms with van der Waals surface area (Å²) in [6.45, 7) is 0.489. The lowest BCUT2D eigenvalue weighted by molar-refractivity contribution is 0.0916. The monoisotopic (exact) mass is 378 g/mol. The van der Waals surface area contributed by atoms with Crippen LogP contribution in [0.4, 0.5) is 0 Å². The van der Waals surface area contributed by atoms with Crippen LogP contribution in [0.15, 0.2) is 59.5 Å². The second-order valence-corrected chi connectivity index (χ2v) is 7.32. The van der Waals surface area contributed by atoms with Crippen LogP contribution in [-0.4, -0.2) is 46.2 Å². The Morgan fingerprint density at radius 1 is 1.12 bits per heavy atom. The van der Waals surface area contributed by atoms with Crippen molar-refractivity contribution in [1.82, 2.24) is 10.0 Å². The minimum Gasteiger partial charge on any atom is -0.387 e. The predicted octanol–water partition coefficient (Wildman–Crippen LogP) is 1.07. The Morgan fingerprint density at radius 2 is 1.77 bits per heavy atom. The molecule has 0 saturated heterocycles. The summed E-state index contributed by atoms with van der Waals surface area (Å²) in [7, 11) is -2.16. The number of aliphatic hydroxyl groups is 1. The average molecular weight is 378 g/mol. The molecule has 0 aliphatic carbocycles. The van der Waals surface area contributed by atoms with Crippen LogP contribution in [-0.2, 0) is 14.8 Å². The molecule has 140 valence electrons. The van der Waals surface area contributed by atoms with Crippen molar-refractivity contribution < 1.29 is 23.1 Å². The third-order valence-electron chi connectivity index (χ3n) is 3.67. The van der Waals surface area contributed by atoms with Gasteiger partial charge in [0.15, 0.2) is 0 Å². The summed E-state index contributed by atoms with van der Waals surface area (Å²) >= 11 is 0. The Morgan fingerprint density at radius 3 is 2.38 bits per heavy atom. The molecule has 0 bridgehead atoms. The summed E-state index contributed by atoms with van der Waals surface area (Å²) in [6.07, 6.45) is -0.815. The van der Waals surface area contributed by atoms with Crippen LogP contribution in [0.1, 0.15) is 22.0 Å². The number of hydrogen-bond donors (Lipinski definition) is 3. The van der Waals surface area contributed by atoms with Crippen LogP contribution in [0.25, 0.3) is 0 Å². The molecule has 0 fully saturated rings. The van der Waals surface area contributed by atoms with Gasteiger partial charge in [-0.2, -0.15) is 0 Å². The van der Waals surface area contributed by atoms with Gasteiger partial charge >= 0.3 is 0 Å². The van der Waals surface area contributed by atoms with Gasteiger partial charge in [0.05, 0.1) is 17.6 Å². The molecular formula is C18H22N2O5S. The first-order chi connectivity index (χ1) is 12.4. The SMILES string of the molecule is COCCNS(=O)(=O)c1ccc(C(=O)NCC(O)c2ccccc2)cc1. The number of amides is 1. The number of benzene rings is 2. The van der Waals surface area contributed by atoms with Gasteiger partial charge in [-0.25, -0.2) is 13.1 Å². The number of carbonyl (C=O) groups excluding carboxylic acids is 1. The molecule has 2 rings (SSSR count). The van der Waals surface area contributed by atoms with Gasteiger partial charge in [0.1, 0.15) is 0 Å². The molecule has 3 N–H and O–H groups in total. The van der Waals surface area contributed by atoms with E-state index in [1.807, 2.05) is 6.07 Å². The summed E-state index contributed by atoms with van der Waals surface area (Å²) < 4.78 is 31.3. The summed E-state index contributed by atoms with van der Waals surface area (Å²) in [5, 5.41) is 12.7. The molecule has 0 aliphatic rings. The van der Waals surface area contributed by atoms with Crippen LogP contribution in [0.5, 0.6) is 0 Å². The third-order valence-corrected chi connectivity index (χ3v) is 5.14. The minimum absolute atomic E-state index is 0.0570. The van der Waals surface area contributed by atoms with E-state index in [1.54, 1.807) is 24.3 Å². The molecule has 7 nitrogen and oxygen atoms in total. The topological polar surface area (TPSA) is 105 Å². The summed E-state index contributed by atoms with van der Waals surface area (Å²) in [4.78, 5) is 12.2. The van der Waals surface area contributed by atoms with E-state index in [-0.39, 0.29) is 24.6 Å². The first kappa shape index (κ1) is 20.1. The molecule has 26 heavy (non-hydrogen) atoms. The van der Waals surface area contributed by atoms with Gasteiger partial charge in [0.25, 0.3) is 5.91 Å². The molecule has 0 spiro atoms. The number of ether oxygens (including phenoxy) is 1. The van der Waals surface area contributed by atoms with Gasteiger partial charge in [-0.3, -0.25) is 4.79 Å². The number of nitrogens with one attached hydrogen (secondary N) is 2. The molecule has 1 amide bonds. The van der Waals surface area contributed by atoms with Gasteiger partial charge in [-0.1, -0.05) is 30.3 Å². The fourth-order valence-electron chi connectivity index (χ4n) is 2.23. The van der Waals surface area contributed by atoms with Crippen molar-refractivity contribution in [2.45, 2.75) is 11.0 Å². The highest BCUT2D eigenvalue weighted by molar-refractivity contribution is 7.89. The van der Waals surface area contributed by atoms with Crippen LogP contribution >= 0.6 is 0 Å². The van der Waals surface area contributed by atoms with Crippen molar-refractivity contribution in [3.8, 4) is 0 Å². The maximum Gasteiger partial charge on any atom is 0.251 e. The van der Waals surface area contributed by atoms with Crippen molar-refractivity contribution in [2.24, 2.45) is 0 Å². The van der Waals surface area contributed by atoms with Gasteiger partial charge in [-0.15, -0.1) is 0 Å². The second kappa shape index (κ2) is 9.44. The summed E-state index contributed by atoms with van der Waals surface area (Å²) in [6, 6.07) is 14.6. The Bertz CT molecular complexity index is 807. The zero-order valence-electron chi connectivity index (χ0n) is 14.4. The number of carbonyl (C=O) groups is 1. The van der Waals surface area contributed by atoms with Crippen molar-refractivity contribution >= 4 is 15.9 Å². The van der Waals surface area contributed by atoms with E-state index in [1.165, 1.54) is 31.4 Å². The summed E-state index contributed by atoms with van der Waals surface area (Å²) in [5.41, 5.74) is 1.01. The highest BCUT2D eigenvalue weighted by Crippen LogP contribution is 2.12. The molecule has 0 radical (unpaired) electrons. The van der Waals surface area contributed by atoms with Crippen LogP contribution in [0, 0.1) is 0 Å². The number of aliphatic hydroxyl groups excluding tert-OH is 1. The molecule has 8 heteroatoms. The zero-order valence-corrected chi connectivity index (χ0v) is 15.2. The maximum atomic E-state index is 12.1. The molecule has 0 aromatic heterocycles. The minimum atomic E-state index is -3.64. The van der Waals surface area contributed by atoms with Crippen LogP contribution in [0.3, 0.4) is 0 Å². The van der Waals surface area contributed by atoms with Crippen molar-refractivity contribution in [2.75, 3.05) is 26.8 Å². The Balaban J connectivity index is 1.94. The second-order valence-electron chi connectivity index (χ2n) is 5.55. The van der Waals surface area contributed by atoms with E-state index in [2.05, 4.69) is 10.0 Å². The lowest BCUT2D eigenvalue weighted by atomic mass is 10.1. The lowest BCUT2D eigenvalue weighted by Gasteiger charge is -2.12. The quantitative estimate of drug-likeness (QED) is 0.566. The molecule has 2 aromatic carbocycles. The van der Waals surface area contributed by atoms with E-state index >= 15 is 0 Å². The normalized spacial score (nSPS) is 12.5. The highest BCUT2D eigenvalue weighted by atomic mass is 32.2. The molecule has 1 atom stereocenters. The van der Waals surface area contributed by atoms with Gasteiger partial charge in [-0.05, 0) is 29.8 Å². The first-order valence-electron chi connectivity index (χ1n) is 8.04. The van der Waals surface area contributed by atoms with E-state index in [4.69, 9.17) is 4.74 Å². The molecule has 0 saturated carbocycles. The largest absolute Gasteiger partial charge is 0.387 e. The van der Waals surface area contributed by atoms with E-state index in [9.17, 15) is 18.3 Å². The van der Waals surface area contributed by atoms with E-state index in [0.29, 0.717) is 11.1 Å². The van der Waals surface area contributed by atoms with Gasteiger partial charge in [0.2, 0.25) is 10.0 Å². The van der Waals surface area contributed by atoms with Crippen LogP contribution < -0.4 is 10.0 Å². The van der Waals surface area contributed by atoms with Crippen molar-refractivity contribution in [3.05, 3.63) is 65.7 Å². The molecule has 0 heterocycles. The summed E-state index contributed by atoms with van der Waals surface area (Å²) in [5.74, 6) is -0.392. The molecule has 2 aromatic rings. The lowest BCUT2D eigenvalue weighted by Crippen LogP contribution is -2.29. The van der Waals surface area contributed by atoms with E-state index in [0.717, 1.165) is 0 Å². The highest BCUT2D eigenvalue weighted by Gasteiger charge is 2.15. The van der Waals surface area contributed by atoms with Gasteiger partial charge < -0.3 is 15.2 Å².